The highest BCUT2D eigenvalue weighted by Gasteiger charge is 2.12. The van der Waals surface area contributed by atoms with Crippen LogP contribution in [-0.2, 0) is 0 Å². The largest absolute Gasteiger partial charge is 0.505 e. The van der Waals surface area contributed by atoms with Gasteiger partial charge >= 0.3 is 0 Å². The smallest absolute Gasteiger partial charge is 0.165 e. The van der Waals surface area contributed by atoms with E-state index >= 15 is 0 Å². The molecule has 1 aromatic carbocycles. The van der Waals surface area contributed by atoms with E-state index in [1.807, 2.05) is 0 Å². The predicted molar refractivity (Wildman–Crippen MR) is 49.9 cm³/mol. The second kappa shape index (κ2) is 3.58. The average molecular weight is 181 g/mol. The Balaban J connectivity index is 3.27. The van der Waals surface area contributed by atoms with Crippen LogP contribution >= 0.6 is 0 Å². The fraction of sp³-hybridized carbons (Fsp3) is 0.200. The van der Waals surface area contributed by atoms with Gasteiger partial charge in [-0.3, -0.25) is 0 Å². The van der Waals surface area contributed by atoms with Gasteiger partial charge in [-0.05, 0) is 18.6 Å². The Labute approximate surface area is 76.5 Å². The van der Waals surface area contributed by atoms with Crippen LogP contribution in [0.4, 0.5) is 4.39 Å². The first-order valence-corrected chi connectivity index (χ1v) is 3.93. The first-order valence-electron chi connectivity index (χ1n) is 3.93. The molecule has 0 aliphatic heterocycles. The Bertz CT molecular complexity index is 336. The van der Waals surface area contributed by atoms with Crippen molar-refractivity contribution in [2.75, 3.05) is 0 Å². The van der Waals surface area contributed by atoms with E-state index in [0.717, 1.165) is 5.56 Å². The number of hydrogen-bond acceptors (Lipinski definition) is 2. The lowest BCUT2D eigenvalue weighted by Crippen LogP contribution is -2.07. The van der Waals surface area contributed by atoms with Gasteiger partial charge in [0.25, 0.3) is 0 Å². The van der Waals surface area contributed by atoms with E-state index in [1.165, 1.54) is 12.1 Å². The van der Waals surface area contributed by atoms with Gasteiger partial charge in [-0.2, -0.15) is 0 Å². The van der Waals surface area contributed by atoms with Crippen molar-refractivity contribution in [1.29, 1.82) is 0 Å². The Morgan fingerprint density at radius 1 is 1.62 bits per heavy atom. The van der Waals surface area contributed by atoms with E-state index < -0.39 is 17.6 Å². The SMILES string of the molecule is C=C[C@@H](N)c1cc(C)cc(F)c1O. The molecule has 3 N–H and O–H groups in total. The van der Waals surface area contributed by atoms with Crippen LogP contribution < -0.4 is 5.73 Å². The van der Waals surface area contributed by atoms with Crippen LogP contribution in [0.1, 0.15) is 17.2 Å². The number of rotatable bonds is 2. The third-order valence-electron chi connectivity index (χ3n) is 1.85. The molecule has 0 fully saturated rings. The Morgan fingerprint density at radius 3 is 2.77 bits per heavy atom. The van der Waals surface area contributed by atoms with Gasteiger partial charge in [0.15, 0.2) is 11.6 Å². The van der Waals surface area contributed by atoms with Gasteiger partial charge in [-0.1, -0.05) is 12.1 Å². The quantitative estimate of drug-likeness (QED) is 0.686. The fourth-order valence-corrected chi connectivity index (χ4v) is 1.14. The molecule has 0 aliphatic carbocycles. The first kappa shape index (κ1) is 9.74. The first-order chi connectivity index (χ1) is 6.06. The van der Waals surface area contributed by atoms with Crippen molar-refractivity contribution in [1.82, 2.24) is 0 Å². The Kier molecular flexibility index (Phi) is 2.68. The lowest BCUT2D eigenvalue weighted by Gasteiger charge is -2.10. The maximum Gasteiger partial charge on any atom is 0.165 e. The van der Waals surface area contributed by atoms with Crippen molar-refractivity contribution in [3.05, 3.63) is 41.7 Å². The van der Waals surface area contributed by atoms with Gasteiger partial charge in [-0.15, -0.1) is 6.58 Å². The van der Waals surface area contributed by atoms with Crippen molar-refractivity contribution >= 4 is 0 Å². The number of aromatic hydroxyl groups is 1. The molecule has 3 heteroatoms. The number of nitrogens with two attached hydrogens (primary N) is 1. The van der Waals surface area contributed by atoms with Crippen LogP contribution in [-0.4, -0.2) is 5.11 Å². The molecule has 70 valence electrons. The number of halogens is 1. The molecule has 0 radical (unpaired) electrons. The average Bonchev–Trinajstić information content (AvgIpc) is 2.10. The van der Waals surface area contributed by atoms with Crippen LogP contribution in [0.15, 0.2) is 24.8 Å². The summed E-state index contributed by atoms with van der Waals surface area (Å²) in [5.74, 6) is -1.04. The molecule has 0 saturated carbocycles. The number of aryl methyl sites for hydroxylation is 1. The molecule has 1 rings (SSSR count). The summed E-state index contributed by atoms with van der Waals surface area (Å²) in [5, 5.41) is 9.32. The van der Waals surface area contributed by atoms with E-state index in [1.54, 1.807) is 13.0 Å². The van der Waals surface area contributed by atoms with Crippen molar-refractivity contribution in [2.45, 2.75) is 13.0 Å². The second-order valence-corrected chi connectivity index (χ2v) is 2.95. The standard InChI is InChI=1S/C10H12FNO/c1-3-9(12)7-4-6(2)5-8(11)10(7)13/h3-5,9,13H,1,12H2,2H3/t9-/m1/s1. The number of hydrogen-bond donors (Lipinski definition) is 2. The highest BCUT2D eigenvalue weighted by molar-refractivity contribution is 5.40. The molecule has 2 nitrogen and oxygen atoms in total. The minimum atomic E-state index is -0.646. The van der Waals surface area contributed by atoms with Crippen molar-refractivity contribution in [3.63, 3.8) is 0 Å². The summed E-state index contributed by atoms with van der Waals surface area (Å²) in [6.45, 7) is 5.22. The highest BCUT2D eigenvalue weighted by Crippen LogP contribution is 2.27. The molecule has 0 spiro atoms. The minimum Gasteiger partial charge on any atom is -0.505 e. The van der Waals surface area contributed by atoms with Crippen LogP contribution in [0.2, 0.25) is 0 Å². The molecule has 1 atom stereocenters. The van der Waals surface area contributed by atoms with Gasteiger partial charge in [0, 0.05) is 5.56 Å². The molecule has 0 unspecified atom stereocenters. The summed E-state index contributed by atoms with van der Waals surface area (Å²) in [5.41, 5.74) is 6.68. The van der Waals surface area contributed by atoms with Gasteiger partial charge in [0.05, 0.1) is 6.04 Å². The van der Waals surface area contributed by atoms with Gasteiger partial charge in [0.1, 0.15) is 0 Å². The van der Waals surface area contributed by atoms with E-state index in [0.29, 0.717) is 5.56 Å². The third-order valence-corrected chi connectivity index (χ3v) is 1.85. The van der Waals surface area contributed by atoms with E-state index in [-0.39, 0.29) is 0 Å². The second-order valence-electron chi connectivity index (χ2n) is 2.95. The number of phenols is 1. The molecule has 0 aromatic heterocycles. The summed E-state index contributed by atoms with van der Waals surface area (Å²) in [6.07, 6.45) is 1.45. The van der Waals surface area contributed by atoms with E-state index in [4.69, 9.17) is 5.73 Å². The Hall–Kier alpha value is -1.35. The fourth-order valence-electron chi connectivity index (χ4n) is 1.14. The minimum absolute atomic E-state index is 0.368. The maximum atomic E-state index is 13.0. The molecule has 0 amide bonds. The van der Waals surface area contributed by atoms with E-state index in [2.05, 4.69) is 6.58 Å². The van der Waals surface area contributed by atoms with Gasteiger partial charge < -0.3 is 10.8 Å². The van der Waals surface area contributed by atoms with Crippen molar-refractivity contribution in [2.24, 2.45) is 5.73 Å². The Morgan fingerprint density at radius 2 is 2.23 bits per heavy atom. The summed E-state index contributed by atoms with van der Waals surface area (Å²) in [7, 11) is 0. The highest BCUT2D eigenvalue weighted by atomic mass is 19.1. The summed E-state index contributed by atoms with van der Waals surface area (Å²) >= 11 is 0. The van der Waals surface area contributed by atoms with Crippen LogP contribution in [0.5, 0.6) is 5.75 Å². The molecular weight excluding hydrogens is 169 g/mol. The van der Waals surface area contributed by atoms with Gasteiger partial charge in [-0.25, -0.2) is 4.39 Å². The van der Waals surface area contributed by atoms with Crippen molar-refractivity contribution in [3.8, 4) is 5.75 Å². The van der Waals surface area contributed by atoms with Gasteiger partial charge in [0.2, 0.25) is 0 Å². The van der Waals surface area contributed by atoms with Crippen LogP contribution in [0.25, 0.3) is 0 Å². The normalized spacial score (nSPS) is 12.5. The van der Waals surface area contributed by atoms with Crippen LogP contribution in [0, 0.1) is 12.7 Å². The monoisotopic (exact) mass is 181 g/mol. The maximum absolute atomic E-state index is 13.0. The summed E-state index contributed by atoms with van der Waals surface area (Å²) < 4.78 is 13.0. The lowest BCUT2D eigenvalue weighted by atomic mass is 10.0. The third kappa shape index (κ3) is 1.87. The summed E-state index contributed by atoms with van der Waals surface area (Å²) in [4.78, 5) is 0. The molecule has 0 heterocycles. The molecule has 1 aromatic rings. The lowest BCUT2D eigenvalue weighted by molar-refractivity contribution is 0.423. The molecular formula is C10H12FNO. The van der Waals surface area contributed by atoms with Crippen LogP contribution in [0.3, 0.4) is 0 Å². The number of phenolic OH excluding ortho intramolecular Hbond substituents is 1. The topological polar surface area (TPSA) is 46.2 Å². The molecule has 0 aliphatic rings. The number of benzene rings is 1. The molecule has 0 saturated heterocycles. The zero-order valence-electron chi connectivity index (χ0n) is 7.42. The zero-order valence-corrected chi connectivity index (χ0v) is 7.42. The molecule has 0 bridgehead atoms. The summed E-state index contributed by atoms with van der Waals surface area (Å²) in [6, 6.07) is 2.37. The van der Waals surface area contributed by atoms with Crippen molar-refractivity contribution < 1.29 is 9.50 Å². The van der Waals surface area contributed by atoms with E-state index in [9.17, 15) is 9.50 Å². The molecule has 13 heavy (non-hydrogen) atoms. The zero-order chi connectivity index (χ0) is 10.0. The predicted octanol–water partition coefficient (Wildman–Crippen LogP) is 2.03.